The number of hydrogen-bond donors (Lipinski definition) is 1. The zero-order valence-corrected chi connectivity index (χ0v) is 16.1. The normalized spacial score (nSPS) is 12.1. The van der Waals surface area contributed by atoms with Crippen LogP contribution in [0.4, 0.5) is 0 Å². The lowest BCUT2D eigenvalue weighted by Crippen LogP contribution is -2.27. The van der Waals surface area contributed by atoms with Gasteiger partial charge in [-0.25, -0.2) is 4.98 Å². The third kappa shape index (κ3) is 3.62. The van der Waals surface area contributed by atoms with Crippen molar-refractivity contribution in [1.29, 1.82) is 0 Å². The van der Waals surface area contributed by atoms with Gasteiger partial charge in [-0.15, -0.1) is 11.3 Å². The molecule has 2 heterocycles. The monoisotopic (exact) mass is 372 g/mol. The second-order valence-electron chi connectivity index (χ2n) is 6.66. The molecule has 27 heavy (non-hydrogen) atoms. The van der Waals surface area contributed by atoms with Crippen molar-refractivity contribution < 1.29 is 4.79 Å². The summed E-state index contributed by atoms with van der Waals surface area (Å²) in [5.41, 5.74) is 4.52. The van der Waals surface area contributed by atoms with Crippen LogP contribution < -0.4 is 5.32 Å². The van der Waals surface area contributed by atoms with Gasteiger partial charge in [0.15, 0.2) is 0 Å². The number of fused-ring (bicyclic) bond motifs is 1. The van der Waals surface area contributed by atoms with Gasteiger partial charge in [0.2, 0.25) is 0 Å². The van der Waals surface area contributed by atoms with Crippen LogP contribution in [-0.2, 0) is 0 Å². The number of nitrogens with zero attached hydrogens (tertiary/aromatic N) is 1. The van der Waals surface area contributed by atoms with E-state index < -0.39 is 0 Å². The van der Waals surface area contributed by atoms with Crippen LogP contribution in [0.2, 0.25) is 0 Å². The van der Waals surface area contributed by atoms with E-state index in [0.29, 0.717) is 5.56 Å². The first-order valence-electron chi connectivity index (χ1n) is 8.93. The number of pyridine rings is 1. The van der Waals surface area contributed by atoms with E-state index in [9.17, 15) is 4.79 Å². The highest BCUT2D eigenvalue weighted by atomic mass is 32.1. The molecule has 0 aliphatic heterocycles. The summed E-state index contributed by atoms with van der Waals surface area (Å²) < 4.78 is 0. The molecule has 4 aromatic rings. The lowest BCUT2D eigenvalue weighted by Gasteiger charge is -2.16. The van der Waals surface area contributed by atoms with Crippen LogP contribution >= 0.6 is 11.3 Å². The molecule has 2 aromatic carbocycles. The number of rotatable bonds is 4. The number of carbonyl (C=O) groups excluding carboxylic acids is 1. The molecule has 4 heteroatoms. The summed E-state index contributed by atoms with van der Waals surface area (Å²) in [7, 11) is 0. The highest BCUT2D eigenvalue weighted by Gasteiger charge is 2.17. The third-order valence-electron chi connectivity index (χ3n) is 4.63. The number of nitrogens with one attached hydrogen (secondary N) is 1. The maximum Gasteiger partial charge on any atom is 0.252 e. The molecule has 0 spiro atoms. The summed E-state index contributed by atoms with van der Waals surface area (Å²) in [5, 5.41) is 6.04. The SMILES string of the molecule is Cc1ccc2nc(-c3cccs3)cc(C(=O)N[C@H](C)c3ccccc3)c2c1. The van der Waals surface area contributed by atoms with E-state index in [1.54, 1.807) is 11.3 Å². The van der Waals surface area contributed by atoms with E-state index in [0.717, 1.165) is 32.6 Å². The zero-order chi connectivity index (χ0) is 18.8. The van der Waals surface area contributed by atoms with Gasteiger partial charge in [0.1, 0.15) is 0 Å². The minimum Gasteiger partial charge on any atom is -0.345 e. The molecule has 3 nitrogen and oxygen atoms in total. The Morgan fingerprint density at radius 2 is 1.85 bits per heavy atom. The van der Waals surface area contributed by atoms with Gasteiger partial charge in [-0.3, -0.25) is 4.79 Å². The van der Waals surface area contributed by atoms with Crippen molar-refractivity contribution in [2.75, 3.05) is 0 Å². The van der Waals surface area contributed by atoms with Crippen molar-refractivity contribution in [2.24, 2.45) is 0 Å². The molecule has 0 aliphatic rings. The molecule has 0 radical (unpaired) electrons. The molecule has 1 N–H and O–H groups in total. The predicted molar refractivity (Wildman–Crippen MR) is 112 cm³/mol. The molecule has 4 rings (SSSR count). The minimum absolute atomic E-state index is 0.0723. The molecule has 1 atom stereocenters. The Labute approximate surface area is 162 Å². The van der Waals surface area contributed by atoms with Crippen LogP contribution in [-0.4, -0.2) is 10.9 Å². The van der Waals surface area contributed by atoms with Crippen molar-refractivity contribution in [3.63, 3.8) is 0 Å². The van der Waals surface area contributed by atoms with Crippen LogP contribution in [0.15, 0.2) is 72.1 Å². The van der Waals surface area contributed by atoms with Crippen LogP contribution in [0, 0.1) is 6.92 Å². The summed E-state index contributed by atoms with van der Waals surface area (Å²) in [6, 6.07) is 21.9. The topological polar surface area (TPSA) is 42.0 Å². The summed E-state index contributed by atoms with van der Waals surface area (Å²) in [6.07, 6.45) is 0. The van der Waals surface area contributed by atoms with Gasteiger partial charge in [0.25, 0.3) is 5.91 Å². The molecule has 0 fully saturated rings. The van der Waals surface area contributed by atoms with Gasteiger partial charge in [-0.1, -0.05) is 48.0 Å². The molecular formula is C23H20N2OS. The standard InChI is InChI=1S/C23H20N2OS/c1-15-10-11-20-18(13-15)19(14-21(25-20)22-9-6-12-27-22)23(26)24-16(2)17-7-4-3-5-8-17/h3-14,16H,1-2H3,(H,24,26)/t16-/m1/s1. The number of thiophene rings is 1. The fourth-order valence-corrected chi connectivity index (χ4v) is 3.86. The average Bonchev–Trinajstić information content (AvgIpc) is 3.22. The number of aromatic nitrogens is 1. The van der Waals surface area contributed by atoms with Crippen LogP contribution in [0.5, 0.6) is 0 Å². The summed E-state index contributed by atoms with van der Waals surface area (Å²) in [5.74, 6) is -0.0813. The van der Waals surface area contributed by atoms with E-state index in [1.807, 2.05) is 86.0 Å². The van der Waals surface area contributed by atoms with Crippen LogP contribution in [0.3, 0.4) is 0 Å². The Morgan fingerprint density at radius 1 is 1.04 bits per heavy atom. The largest absolute Gasteiger partial charge is 0.345 e. The fourth-order valence-electron chi connectivity index (χ4n) is 3.18. The average molecular weight is 372 g/mol. The highest BCUT2D eigenvalue weighted by molar-refractivity contribution is 7.13. The molecule has 0 unspecified atom stereocenters. The van der Waals surface area contributed by atoms with E-state index in [-0.39, 0.29) is 11.9 Å². The molecule has 0 bridgehead atoms. The van der Waals surface area contributed by atoms with Crippen molar-refractivity contribution in [1.82, 2.24) is 10.3 Å². The molecule has 1 amide bonds. The van der Waals surface area contributed by atoms with Gasteiger partial charge in [-0.05, 0) is 49.1 Å². The van der Waals surface area contributed by atoms with Gasteiger partial charge in [0.05, 0.1) is 27.7 Å². The first-order chi connectivity index (χ1) is 13.1. The lowest BCUT2D eigenvalue weighted by molar-refractivity contribution is 0.0941. The van der Waals surface area contributed by atoms with Crippen molar-refractivity contribution in [3.05, 3.63) is 88.8 Å². The Hall–Kier alpha value is -2.98. The van der Waals surface area contributed by atoms with Crippen LogP contribution in [0.25, 0.3) is 21.5 Å². The van der Waals surface area contributed by atoms with E-state index >= 15 is 0 Å². The molecule has 134 valence electrons. The second-order valence-corrected chi connectivity index (χ2v) is 7.61. The Kier molecular flexibility index (Phi) is 4.73. The smallest absolute Gasteiger partial charge is 0.252 e. The van der Waals surface area contributed by atoms with Crippen molar-refractivity contribution >= 4 is 28.1 Å². The molecule has 0 saturated carbocycles. The molecular weight excluding hydrogens is 352 g/mol. The highest BCUT2D eigenvalue weighted by Crippen LogP contribution is 2.29. The van der Waals surface area contributed by atoms with Gasteiger partial charge in [0, 0.05) is 5.39 Å². The lowest BCUT2D eigenvalue weighted by atomic mass is 10.0. The second kappa shape index (κ2) is 7.33. The van der Waals surface area contributed by atoms with Crippen LogP contribution in [0.1, 0.15) is 34.5 Å². The first-order valence-corrected chi connectivity index (χ1v) is 9.81. The van der Waals surface area contributed by atoms with Crippen molar-refractivity contribution in [3.8, 4) is 10.6 Å². The van der Waals surface area contributed by atoms with Crippen molar-refractivity contribution in [2.45, 2.75) is 19.9 Å². The zero-order valence-electron chi connectivity index (χ0n) is 15.3. The predicted octanol–water partition coefficient (Wildman–Crippen LogP) is 5.76. The molecule has 0 saturated heterocycles. The van der Waals surface area contributed by atoms with Gasteiger partial charge in [-0.2, -0.15) is 0 Å². The molecule has 2 aromatic heterocycles. The Bertz CT molecular complexity index is 1090. The number of aryl methyl sites for hydroxylation is 1. The Balaban J connectivity index is 1.76. The fraction of sp³-hybridized carbons (Fsp3) is 0.130. The third-order valence-corrected chi connectivity index (χ3v) is 5.52. The quantitative estimate of drug-likeness (QED) is 0.495. The number of benzene rings is 2. The number of amides is 1. The summed E-state index contributed by atoms with van der Waals surface area (Å²) >= 11 is 1.62. The first kappa shape index (κ1) is 17.4. The molecule has 0 aliphatic carbocycles. The minimum atomic E-state index is -0.0813. The summed E-state index contributed by atoms with van der Waals surface area (Å²) in [6.45, 7) is 4.03. The summed E-state index contributed by atoms with van der Waals surface area (Å²) in [4.78, 5) is 19.0. The maximum absolute atomic E-state index is 13.1. The van der Waals surface area contributed by atoms with E-state index in [1.165, 1.54) is 0 Å². The van der Waals surface area contributed by atoms with Gasteiger partial charge < -0.3 is 5.32 Å². The number of carbonyl (C=O) groups is 1. The van der Waals surface area contributed by atoms with E-state index in [4.69, 9.17) is 4.98 Å². The Morgan fingerprint density at radius 3 is 2.59 bits per heavy atom. The van der Waals surface area contributed by atoms with Gasteiger partial charge >= 0.3 is 0 Å². The number of hydrogen-bond acceptors (Lipinski definition) is 3. The maximum atomic E-state index is 13.1. The van der Waals surface area contributed by atoms with E-state index in [2.05, 4.69) is 5.32 Å².